The Balaban J connectivity index is 2.40. The van der Waals surface area contributed by atoms with E-state index >= 15 is 0 Å². The van der Waals surface area contributed by atoms with E-state index in [4.69, 9.17) is 10.2 Å². The standard InChI is InChI=1S/C11H13N3O/c1-13-10(8-4-6-15-7-8)9-3-2-5-14-11(9)12/h2-7,10,13H,1H3,(H2,12,14). The van der Waals surface area contributed by atoms with Crippen LogP contribution in [-0.2, 0) is 0 Å². The first-order valence-corrected chi connectivity index (χ1v) is 4.72. The van der Waals surface area contributed by atoms with Crippen LogP contribution in [0, 0.1) is 0 Å². The zero-order valence-electron chi connectivity index (χ0n) is 8.47. The maximum absolute atomic E-state index is 5.82. The lowest BCUT2D eigenvalue weighted by Gasteiger charge is -2.15. The van der Waals surface area contributed by atoms with Crippen LogP contribution >= 0.6 is 0 Å². The van der Waals surface area contributed by atoms with Crippen LogP contribution in [0.15, 0.2) is 41.3 Å². The molecule has 2 heterocycles. The predicted octanol–water partition coefficient (Wildman–Crippen LogP) is 1.57. The third kappa shape index (κ3) is 1.85. The monoisotopic (exact) mass is 203 g/mol. The molecule has 0 aliphatic rings. The number of pyridine rings is 1. The number of hydrogen-bond donors (Lipinski definition) is 2. The molecule has 2 aromatic rings. The summed E-state index contributed by atoms with van der Waals surface area (Å²) < 4.78 is 5.06. The van der Waals surface area contributed by atoms with Crippen molar-refractivity contribution in [1.82, 2.24) is 10.3 Å². The van der Waals surface area contributed by atoms with Crippen LogP contribution in [0.2, 0.25) is 0 Å². The molecular formula is C11H13N3O. The molecule has 0 saturated carbocycles. The van der Waals surface area contributed by atoms with Crippen LogP contribution in [-0.4, -0.2) is 12.0 Å². The summed E-state index contributed by atoms with van der Waals surface area (Å²) in [6, 6.07) is 5.76. The van der Waals surface area contributed by atoms with E-state index in [0.29, 0.717) is 5.82 Å². The fraction of sp³-hybridized carbons (Fsp3) is 0.182. The second-order valence-corrected chi connectivity index (χ2v) is 3.26. The van der Waals surface area contributed by atoms with E-state index in [-0.39, 0.29) is 6.04 Å². The number of aromatic nitrogens is 1. The molecule has 78 valence electrons. The lowest BCUT2D eigenvalue weighted by molar-refractivity contribution is 0.557. The van der Waals surface area contributed by atoms with Crippen LogP contribution in [0.25, 0.3) is 0 Å². The summed E-state index contributed by atoms with van der Waals surface area (Å²) in [5.74, 6) is 0.540. The van der Waals surface area contributed by atoms with Crippen molar-refractivity contribution in [2.45, 2.75) is 6.04 Å². The van der Waals surface area contributed by atoms with Crippen molar-refractivity contribution in [3.05, 3.63) is 48.0 Å². The highest BCUT2D eigenvalue weighted by Gasteiger charge is 2.15. The lowest BCUT2D eigenvalue weighted by Crippen LogP contribution is -2.18. The highest BCUT2D eigenvalue weighted by molar-refractivity contribution is 5.44. The van der Waals surface area contributed by atoms with E-state index in [0.717, 1.165) is 11.1 Å². The van der Waals surface area contributed by atoms with Crippen molar-refractivity contribution >= 4 is 5.82 Å². The summed E-state index contributed by atoms with van der Waals surface area (Å²) in [6.45, 7) is 0. The van der Waals surface area contributed by atoms with Crippen molar-refractivity contribution in [2.24, 2.45) is 0 Å². The number of anilines is 1. The maximum Gasteiger partial charge on any atom is 0.128 e. The van der Waals surface area contributed by atoms with E-state index in [1.807, 2.05) is 25.2 Å². The average Bonchev–Trinajstić information content (AvgIpc) is 2.75. The van der Waals surface area contributed by atoms with Crippen LogP contribution in [0.3, 0.4) is 0 Å². The fourth-order valence-corrected chi connectivity index (χ4v) is 1.62. The predicted molar refractivity (Wildman–Crippen MR) is 58.3 cm³/mol. The fourth-order valence-electron chi connectivity index (χ4n) is 1.62. The van der Waals surface area contributed by atoms with Gasteiger partial charge in [-0.2, -0.15) is 0 Å². The number of rotatable bonds is 3. The smallest absolute Gasteiger partial charge is 0.128 e. The van der Waals surface area contributed by atoms with Gasteiger partial charge in [0.25, 0.3) is 0 Å². The van der Waals surface area contributed by atoms with Gasteiger partial charge in [-0.25, -0.2) is 4.98 Å². The number of nitrogens with two attached hydrogens (primary N) is 1. The van der Waals surface area contributed by atoms with Crippen molar-refractivity contribution < 1.29 is 4.42 Å². The van der Waals surface area contributed by atoms with E-state index in [1.165, 1.54) is 0 Å². The summed E-state index contributed by atoms with van der Waals surface area (Å²) in [6.07, 6.45) is 5.03. The van der Waals surface area contributed by atoms with Gasteiger partial charge in [0.2, 0.25) is 0 Å². The van der Waals surface area contributed by atoms with E-state index in [1.54, 1.807) is 18.7 Å². The Morgan fingerprint density at radius 2 is 2.33 bits per heavy atom. The van der Waals surface area contributed by atoms with Gasteiger partial charge in [-0.15, -0.1) is 0 Å². The molecule has 0 bridgehead atoms. The SMILES string of the molecule is CNC(c1ccoc1)c1cccnc1N. The third-order valence-electron chi connectivity index (χ3n) is 2.35. The van der Waals surface area contributed by atoms with Crippen LogP contribution in [0.1, 0.15) is 17.2 Å². The summed E-state index contributed by atoms with van der Waals surface area (Å²) in [4.78, 5) is 4.07. The number of nitrogens with zero attached hydrogens (tertiary/aromatic N) is 1. The van der Waals surface area contributed by atoms with E-state index < -0.39 is 0 Å². The summed E-state index contributed by atoms with van der Waals surface area (Å²) in [7, 11) is 1.88. The average molecular weight is 203 g/mol. The first-order valence-electron chi connectivity index (χ1n) is 4.72. The van der Waals surface area contributed by atoms with Crippen molar-refractivity contribution in [3.8, 4) is 0 Å². The van der Waals surface area contributed by atoms with Gasteiger partial charge in [0.15, 0.2) is 0 Å². The molecule has 4 nitrogen and oxygen atoms in total. The molecule has 3 N–H and O–H groups in total. The van der Waals surface area contributed by atoms with Crippen molar-refractivity contribution in [1.29, 1.82) is 0 Å². The van der Waals surface area contributed by atoms with Gasteiger partial charge >= 0.3 is 0 Å². The molecule has 15 heavy (non-hydrogen) atoms. The van der Waals surface area contributed by atoms with Gasteiger partial charge < -0.3 is 15.5 Å². The Bertz CT molecular complexity index is 425. The number of hydrogen-bond acceptors (Lipinski definition) is 4. The Morgan fingerprint density at radius 1 is 1.47 bits per heavy atom. The van der Waals surface area contributed by atoms with Gasteiger partial charge in [0.05, 0.1) is 18.6 Å². The minimum absolute atomic E-state index is 0.0254. The highest BCUT2D eigenvalue weighted by Crippen LogP contribution is 2.24. The molecule has 0 amide bonds. The minimum Gasteiger partial charge on any atom is -0.472 e. The maximum atomic E-state index is 5.82. The molecule has 0 saturated heterocycles. The second-order valence-electron chi connectivity index (χ2n) is 3.26. The third-order valence-corrected chi connectivity index (χ3v) is 2.35. The van der Waals surface area contributed by atoms with Gasteiger partial charge in [0.1, 0.15) is 5.82 Å². The summed E-state index contributed by atoms with van der Waals surface area (Å²) in [5, 5.41) is 3.18. The van der Waals surface area contributed by atoms with Crippen LogP contribution < -0.4 is 11.1 Å². The zero-order chi connectivity index (χ0) is 10.7. The van der Waals surface area contributed by atoms with Gasteiger partial charge in [-0.1, -0.05) is 6.07 Å². The molecule has 0 spiro atoms. The zero-order valence-corrected chi connectivity index (χ0v) is 8.47. The molecule has 1 unspecified atom stereocenters. The molecule has 0 fully saturated rings. The molecule has 0 aliphatic carbocycles. The van der Waals surface area contributed by atoms with E-state index in [2.05, 4.69) is 10.3 Å². The Morgan fingerprint density at radius 3 is 2.93 bits per heavy atom. The molecule has 0 radical (unpaired) electrons. The van der Waals surface area contributed by atoms with Crippen molar-refractivity contribution in [2.75, 3.05) is 12.8 Å². The van der Waals surface area contributed by atoms with Gasteiger partial charge in [-0.3, -0.25) is 0 Å². The normalized spacial score (nSPS) is 12.6. The minimum atomic E-state index is 0.0254. The lowest BCUT2D eigenvalue weighted by atomic mass is 10.0. The Kier molecular flexibility index (Phi) is 2.69. The first kappa shape index (κ1) is 9.73. The van der Waals surface area contributed by atoms with Crippen molar-refractivity contribution in [3.63, 3.8) is 0 Å². The summed E-state index contributed by atoms with van der Waals surface area (Å²) in [5.41, 5.74) is 7.82. The molecule has 4 heteroatoms. The molecule has 0 aliphatic heterocycles. The Labute approximate surface area is 88.1 Å². The topological polar surface area (TPSA) is 64.1 Å². The number of nitrogen functional groups attached to an aromatic ring is 1. The second kappa shape index (κ2) is 4.14. The quantitative estimate of drug-likeness (QED) is 0.794. The first-order chi connectivity index (χ1) is 7.33. The molecule has 2 rings (SSSR count). The molecular weight excluding hydrogens is 190 g/mol. The number of furan rings is 1. The van der Waals surface area contributed by atoms with E-state index in [9.17, 15) is 0 Å². The number of nitrogens with one attached hydrogen (secondary N) is 1. The molecule has 0 aromatic carbocycles. The van der Waals surface area contributed by atoms with Gasteiger partial charge in [0, 0.05) is 17.3 Å². The Hall–Kier alpha value is -1.81. The van der Waals surface area contributed by atoms with Crippen LogP contribution in [0.4, 0.5) is 5.82 Å². The molecule has 1 atom stereocenters. The highest BCUT2D eigenvalue weighted by atomic mass is 16.3. The largest absolute Gasteiger partial charge is 0.472 e. The summed E-state index contributed by atoms with van der Waals surface area (Å²) >= 11 is 0. The van der Waals surface area contributed by atoms with Crippen LogP contribution in [0.5, 0.6) is 0 Å². The van der Waals surface area contributed by atoms with Gasteiger partial charge in [-0.05, 0) is 19.2 Å². The molecule has 2 aromatic heterocycles.